The first-order valence-corrected chi connectivity index (χ1v) is 6.60. The summed E-state index contributed by atoms with van der Waals surface area (Å²) >= 11 is 0. The third kappa shape index (κ3) is 3.09. The van der Waals surface area contributed by atoms with Crippen LogP contribution in [0.1, 0.15) is 31.1 Å². The topological polar surface area (TPSA) is 41.1 Å². The van der Waals surface area contributed by atoms with Crippen molar-refractivity contribution in [3.8, 4) is 0 Å². The molecule has 0 unspecified atom stereocenters. The number of aromatic nitrogens is 2. The van der Waals surface area contributed by atoms with Crippen LogP contribution in [-0.4, -0.2) is 41.0 Å². The van der Waals surface area contributed by atoms with Gasteiger partial charge in [-0.25, -0.2) is 9.97 Å². The van der Waals surface area contributed by atoms with E-state index in [1.54, 1.807) is 6.92 Å². The molecular weight excluding hydrogens is 269 g/mol. The molecule has 0 saturated carbocycles. The molecule has 0 aliphatic carbocycles. The van der Waals surface area contributed by atoms with Crippen LogP contribution in [0.5, 0.6) is 0 Å². The molecule has 0 radical (unpaired) electrons. The first-order chi connectivity index (χ1) is 9.21. The van der Waals surface area contributed by atoms with E-state index in [0.717, 1.165) is 32.2 Å². The van der Waals surface area contributed by atoms with Crippen molar-refractivity contribution in [3.05, 3.63) is 23.3 Å². The van der Waals surface area contributed by atoms with Crippen LogP contribution in [-0.2, 0) is 11.7 Å². The maximum Gasteiger partial charge on any atom is 0.433 e. The van der Waals surface area contributed by atoms with Crippen LogP contribution in [0.3, 0.4) is 0 Å². The number of nitrogens with one attached hydrogen (secondary N) is 1. The number of halogens is 3. The summed E-state index contributed by atoms with van der Waals surface area (Å²) in [7, 11) is 0. The fourth-order valence-electron chi connectivity index (χ4n) is 2.35. The zero-order valence-corrected chi connectivity index (χ0v) is 11.9. The van der Waals surface area contributed by atoms with Gasteiger partial charge in [0.1, 0.15) is 11.5 Å². The van der Waals surface area contributed by atoms with E-state index in [0.29, 0.717) is 5.69 Å². The van der Waals surface area contributed by atoms with Gasteiger partial charge < -0.3 is 5.32 Å². The Morgan fingerprint density at radius 2 is 1.75 bits per heavy atom. The number of rotatable bonds is 2. The number of aryl methyl sites for hydroxylation is 1. The standard InChI is InChI=1S/C13H19F3N4/c1-9-8-10(13(14,15)16)19-11(18-9)12(2,3)20-6-4-17-5-7-20/h8,17H,4-7H2,1-3H3. The van der Waals surface area contributed by atoms with Gasteiger partial charge in [0.05, 0.1) is 5.54 Å². The highest BCUT2D eigenvalue weighted by Crippen LogP contribution is 2.31. The fraction of sp³-hybridized carbons (Fsp3) is 0.692. The molecule has 1 saturated heterocycles. The summed E-state index contributed by atoms with van der Waals surface area (Å²) in [6.45, 7) is 8.48. The first-order valence-electron chi connectivity index (χ1n) is 6.60. The molecule has 0 aromatic carbocycles. The van der Waals surface area contributed by atoms with Crippen LogP contribution in [0, 0.1) is 6.92 Å². The fourth-order valence-corrected chi connectivity index (χ4v) is 2.35. The number of nitrogens with zero attached hydrogens (tertiary/aromatic N) is 3. The van der Waals surface area contributed by atoms with Gasteiger partial charge in [0.25, 0.3) is 0 Å². The Kier molecular flexibility index (Phi) is 4.02. The van der Waals surface area contributed by atoms with Gasteiger partial charge in [0, 0.05) is 31.9 Å². The highest BCUT2D eigenvalue weighted by molar-refractivity contribution is 5.17. The van der Waals surface area contributed by atoms with E-state index in [1.165, 1.54) is 0 Å². The van der Waals surface area contributed by atoms with Crippen molar-refractivity contribution in [2.75, 3.05) is 26.2 Å². The van der Waals surface area contributed by atoms with Crippen molar-refractivity contribution in [2.45, 2.75) is 32.5 Å². The van der Waals surface area contributed by atoms with E-state index in [4.69, 9.17) is 0 Å². The summed E-state index contributed by atoms with van der Waals surface area (Å²) in [5.74, 6) is 0.228. The third-order valence-electron chi connectivity index (χ3n) is 3.60. The molecule has 7 heteroatoms. The first kappa shape index (κ1) is 15.2. The lowest BCUT2D eigenvalue weighted by molar-refractivity contribution is -0.141. The van der Waals surface area contributed by atoms with E-state index in [2.05, 4.69) is 20.2 Å². The van der Waals surface area contributed by atoms with Gasteiger partial charge >= 0.3 is 6.18 Å². The molecule has 1 fully saturated rings. The molecule has 0 spiro atoms. The minimum atomic E-state index is -4.44. The normalized spacial score (nSPS) is 18.3. The van der Waals surface area contributed by atoms with Gasteiger partial charge in [0.15, 0.2) is 0 Å². The van der Waals surface area contributed by atoms with Crippen molar-refractivity contribution in [1.82, 2.24) is 20.2 Å². The average molecular weight is 288 g/mol. The maximum absolute atomic E-state index is 12.9. The van der Waals surface area contributed by atoms with Crippen LogP contribution in [0.2, 0.25) is 0 Å². The second-order valence-corrected chi connectivity index (χ2v) is 5.51. The molecule has 0 amide bonds. The lowest BCUT2D eigenvalue weighted by atomic mass is 10.00. The van der Waals surface area contributed by atoms with E-state index in [9.17, 15) is 13.2 Å². The molecule has 1 aliphatic heterocycles. The molecule has 1 aromatic rings. The lowest BCUT2D eigenvalue weighted by Crippen LogP contribution is -2.52. The van der Waals surface area contributed by atoms with E-state index in [1.807, 2.05) is 13.8 Å². The molecule has 1 N–H and O–H groups in total. The summed E-state index contributed by atoms with van der Waals surface area (Å²) in [6, 6.07) is 0.983. The maximum atomic E-state index is 12.9. The third-order valence-corrected chi connectivity index (χ3v) is 3.60. The minimum Gasteiger partial charge on any atom is -0.314 e. The Labute approximate surface area is 116 Å². The van der Waals surface area contributed by atoms with Crippen LogP contribution in [0.4, 0.5) is 13.2 Å². The number of piperazine rings is 1. The molecule has 4 nitrogen and oxygen atoms in total. The van der Waals surface area contributed by atoms with Crippen LogP contribution >= 0.6 is 0 Å². The van der Waals surface area contributed by atoms with Gasteiger partial charge in [-0.3, -0.25) is 4.90 Å². The Balaban J connectivity index is 2.37. The summed E-state index contributed by atoms with van der Waals surface area (Å²) in [6.07, 6.45) is -4.44. The van der Waals surface area contributed by atoms with E-state index < -0.39 is 17.4 Å². The predicted octanol–water partition coefficient (Wildman–Crippen LogP) is 1.94. The molecule has 0 atom stereocenters. The van der Waals surface area contributed by atoms with E-state index in [-0.39, 0.29) is 5.82 Å². The summed E-state index contributed by atoms with van der Waals surface area (Å²) in [5, 5.41) is 3.22. The SMILES string of the molecule is Cc1cc(C(F)(F)F)nc(C(C)(C)N2CCNCC2)n1. The Morgan fingerprint density at radius 3 is 2.30 bits per heavy atom. The zero-order chi connectivity index (χ0) is 15.0. The van der Waals surface area contributed by atoms with Gasteiger partial charge in [-0.05, 0) is 26.8 Å². The Hall–Kier alpha value is -1.21. The van der Waals surface area contributed by atoms with Crippen LogP contribution in [0.25, 0.3) is 0 Å². The Bertz CT molecular complexity index is 479. The van der Waals surface area contributed by atoms with Crippen molar-refractivity contribution in [2.24, 2.45) is 0 Å². The molecule has 0 bridgehead atoms. The largest absolute Gasteiger partial charge is 0.433 e. The van der Waals surface area contributed by atoms with Crippen LogP contribution < -0.4 is 5.32 Å². The Morgan fingerprint density at radius 1 is 1.15 bits per heavy atom. The van der Waals surface area contributed by atoms with Crippen molar-refractivity contribution >= 4 is 0 Å². The molecule has 2 heterocycles. The van der Waals surface area contributed by atoms with Crippen molar-refractivity contribution < 1.29 is 13.2 Å². The van der Waals surface area contributed by atoms with E-state index >= 15 is 0 Å². The van der Waals surface area contributed by atoms with Crippen molar-refractivity contribution in [1.29, 1.82) is 0 Å². The molecule has 112 valence electrons. The van der Waals surface area contributed by atoms with Crippen molar-refractivity contribution in [3.63, 3.8) is 0 Å². The highest BCUT2D eigenvalue weighted by atomic mass is 19.4. The quantitative estimate of drug-likeness (QED) is 0.903. The zero-order valence-electron chi connectivity index (χ0n) is 11.9. The predicted molar refractivity (Wildman–Crippen MR) is 69.2 cm³/mol. The molecule has 20 heavy (non-hydrogen) atoms. The molecular formula is C13H19F3N4. The summed E-state index contributed by atoms with van der Waals surface area (Å²) in [5.41, 5.74) is -1.15. The second-order valence-electron chi connectivity index (χ2n) is 5.51. The molecule has 2 rings (SSSR count). The number of alkyl halides is 3. The van der Waals surface area contributed by atoms with Gasteiger partial charge in [0.2, 0.25) is 0 Å². The number of hydrogen-bond donors (Lipinski definition) is 1. The average Bonchev–Trinajstić information content (AvgIpc) is 2.38. The van der Waals surface area contributed by atoms with Gasteiger partial charge in [-0.2, -0.15) is 13.2 Å². The molecule has 1 aliphatic rings. The molecule has 1 aromatic heterocycles. The van der Waals surface area contributed by atoms with Gasteiger partial charge in [-0.1, -0.05) is 0 Å². The monoisotopic (exact) mass is 288 g/mol. The summed E-state index contributed by atoms with van der Waals surface area (Å²) < 4.78 is 38.6. The van der Waals surface area contributed by atoms with Crippen LogP contribution in [0.15, 0.2) is 6.07 Å². The lowest BCUT2D eigenvalue weighted by Gasteiger charge is -2.40. The highest BCUT2D eigenvalue weighted by Gasteiger charge is 2.37. The smallest absolute Gasteiger partial charge is 0.314 e. The summed E-state index contributed by atoms with van der Waals surface area (Å²) in [4.78, 5) is 10.1. The number of hydrogen-bond acceptors (Lipinski definition) is 4. The van der Waals surface area contributed by atoms with Gasteiger partial charge in [-0.15, -0.1) is 0 Å². The second kappa shape index (κ2) is 5.29. The minimum absolute atomic E-state index is 0.228.